The lowest BCUT2D eigenvalue weighted by atomic mass is 10.1. The molecular weight excluding hydrogens is 519 g/mol. The largest absolute Gasteiger partial charge is 0.486 e. The van der Waals surface area contributed by atoms with Crippen LogP contribution < -0.4 is 10.1 Å². The number of carboxylic acids is 1. The topological polar surface area (TPSA) is 88.0 Å². The highest BCUT2D eigenvalue weighted by atomic mass is 35.5. The maximum Gasteiger partial charge on any atom is 0.335 e. The van der Waals surface area contributed by atoms with Crippen LogP contribution in [0.3, 0.4) is 0 Å². The molecule has 3 aromatic rings. The van der Waals surface area contributed by atoms with Gasteiger partial charge in [0, 0.05) is 5.02 Å². The Bertz CT molecular complexity index is 1300. The van der Waals surface area contributed by atoms with Crippen molar-refractivity contribution in [1.29, 1.82) is 0 Å². The normalized spacial score (nSPS) is 15.6. The molecule has 34 heavy (non-hydrogen) atoms. The predicted octanol–water partition coefficient (Wildman–Crippen LogP) is 6.82. The molecule has 0 bridgehead atoms. The molecule has 0 spiro atoms. The number of carbonyl (C=O) groups is 2. The second kappa shape index (κ2) is 10.5. The molecule has 0 aliphatic carbocycles. The van der Waals surface area contributed by atoms with Gasteiger partial charge in [-0.1, -0.05) is 46.9 Å². The maximum atomic E-state index is 12.4. The number of rotatable bonds is 6. The summed E-state index contributed by atoms with van der Waals surface area (Å²) in [7, 11) is 0. The van der Waals surface area contributed by atoms with Gasteiger partial charge in [0.25, 0.3) is 5.91 Å². The van der Waals surface area contributed by atoms with E-state index in [1.807, 2.05) is 0 Å². The average molecular weight is 534 g/mol. The molecule has 1 aliphatic heterocycles. The van der Waals surface area contributed by atoms with E-state index in [-0.39, 0.29) is 28.1 Å². The minimum atomic E-state index is -0.999. The van der Waals surface area contributed by atoms with Crippen molar-refractivity contribution >= 4 is 75.4 Å². The monoisotopic (exact) mass is 532 g/mol. The smallest absolute Gasteiger partial charge is 0.335 e. The molecule has 6 nitrogen and oxygen atoms in total. The molecular formula is C24H15Cl3N2O4S. The molecule has 0 saturated carbocycles. The van der Waals surface area contributed by atoms with Crippen LogP contribution in [0, 0.1) is 0 Å². The number of benzene rings is 3. The van der Waals surface area contributed by atoms with E-state index in [2.05, 4.69) is 10.3 Å². The SMILES string of the molecule is O=C1NC(=Nc2ccc(Cl)cc2)S/C1=C\c1cc(Cl)c(OCc2ccc(C(=O)O)cc2)c(Cl)c1. The zero-order chi connectivity index (χ0) is 24.2. The Morgan fingerprint density at radius 1 is 1.03 bits per heavy atom. The number of amides is 1. The first-order chi connectivity index (χ1) is 16.3. The van der Waals surface area contributed by atoms with Crippen LogP contribution in [-0.4, -0.2) is 22.2 Å². The summed E-state index contributed by atoms with van der Waals surface area (Å²) in [6.45, 7) is 0.155. The van der Waals surface area contributed by atoms with E-state index in [4.69, 9.17) is 44.6 Å². The van der Waals surface area contributed by atoms with Crippen LogP contribution in [0.5, 0.6) is 5.75 Å². The van der Waals surface area contributed by atoms with Gasteiger partial charge in [-0.05, 0) is 77.5 Å². The third-order valence-electron chi connectivity index (χ3n) is 4.61. The zero-order valence-electron chi connectivity index (χ0n) is 17.2. The summed E-state index contributed by atoms with van der Waals surface area (Å²) < 4.78 is 5.75. The fourth-order valence-electron chi connectivity index (χ4n) is 2.96. The number of amidine groups is 1. The van der Waals surface area contributed by atoms with Gasteiger partial charge in [-0.3, -0.25) is 4.79 Å². The Hall–Kier alpha value is -2.97. The Balaban J connectivity index is 1.47. The van der Waals surface area contributed by atoms with Gasteiger partial charge in [-0.25, -0.2) is 9.79 Å². The zero-order valence-corrected chi connectivity index (χ0v) is 20.3. The van der Waals surface area contributed by atoms with Crippen molar-refractivity contribution in [2.45, 2.75) is 6.61 Å². The van der Waals surface area contributed by atoms with Crippen LogP contribution in [0.15, 0.2) is 70.6 Å². The molecule has 1 saturated heterocycles. The van der Waals surface area contributed by atoms with Crippen LogP contribution in [-0.2, 0) is 11.4 Å². The molecule has 1 amide bonds. The minimum Gasteiger partial charge on any atom is -0.486 e. The first-order valence-electron chi connectivity index (χ1n) is 9.78. The standard InChI is InChI=1S/C24H15Cl3N2O4S/c25-16-5-7-17(8-6-16)28-24-29-22(30)20(34-24)11-14-9-18(26)21(19(27)10-14)33-12-13-1-3-15(4-2-13)23(31)32/h1-11H,12H2,(H,31,32)(H,28,29,30)/b20-11-. The van der Waals surface area contributed by atoms with E-state index in [9.17, 15) is 9.59 Å². The van der Waals surface area contributed by atoms with Crippen molar-refractivity contribution in [3.05, 3.63) is 97.3 Å². The molecule has 0 atom stereocenters. The Kier molecular flexibility index (Phi) is 7.48. The van der Waals surface area contributed by atoms with Crippen molar-refractivity contribution in [3.63, 3.8) is 0 Å². The van der Waals surface area contributed by atoms with Gasteiger partial charge >= 0.3 is 5.97 Å². The summed E-state index contributed by atoms with van der Waals surface area (Å²) >= 11 is 19.8. The van der Waals surface area contributed by atoms with Crippen LogP contribution in [0.25, 0.3) is 6.08 Å². The highest BCUT2D eigenvalue weighted by molar-refractivity contribution is 8.18. The van der Waals surface area contributed by atoms with Gasteiger partial charge in [0.2, 0.25) is 0 Å². The first kappa shape index (κ1) is 24.2. The number of hydrogen-bond acceptors (Lipinski definition) is 5. The Morgan fingerprint density at radius 3 is 2.29 bits per heavy atom. The molecule has 3 aromatic carbocycles. The highest BCUT2D eigenvalue weighted by Gasteiger charge is 2.24. The number of carboxylic acid groups (broad SMARTS) is 1. The number of halogens is 3. The van der Waals surface area contributed by atoms with E-state index in [0.717, 1.165) is 5.56 Å². The molecule has 172 valence electrons. The summed E-state index contributed by atoms with van der Waals surface area (Å²) in [6.07, 6.45) is 1.66. The fourth-order valence-corrected chi connectivity index (χ4v) is 4.55. The molecule has 0 aromatic heterocycles. The molecule has 1 fully saturated rings. The fraction of sp³-hybridized carbons (Fsp3) is 0.0417. The maximum absolute atomic E-state index is 12.4. The van der Waals surface area contributed by atoms with Gasteiger partial charge in [-0.2, -0.15) is 0 Å². The number of nitrogens with one attached hydrogen (secondary N) is 1. The molecule has 0 radical (unpaired) electrons. The summed E-state index contributed by atoms with van der Waals surface area (Å²) in [5.74, 6) is -0.989. The average Bonchev–Trinajstić information content (AvgIpc) is 3.13. The van der Waals surface area contributed by atoms with Gasteiger partial charge in [0.05, 0.1) is 26.2 Å². The van der Waals surface area contributed by atoms with Gasteiger partial charge in [0.1, 0.15) is 6.61 Å². The van der Waals surface area contributed by atoms with Crippen molar-refractivity contribution in [3.8, 4) is 5.75 Å². The molecule has 1 heterocycles. The quantitative estimate of drug-likeness (QED) is 0.340. The minimum absolute atomic E-state index is 0.155. The van der Waals surface area contributed by atoms with Gasteiger partial charge in [0.15, 0.2) is 10.9 Å². The van der Waals surface area contributed by atoms with E-state index < -0.39 is 5.97 Å². The molecule has 10 heteroatoms. The number of hydrogen-bond donors (Lipinski definition) is 2. The second-order valence-corrected chi connectivity index (χ2v) is 9.34. The summed E-state index contributed by atoms with van der Waals surface area (Å²) in [5, 5.41) is 13.3. The summed E-state index contributed by atoms with van der Waals surface area (Å²) in [4.78, 5) is 28.2. The Morgan fingerprint density at radius 2 is 1.68 bits per heavy atom. The number of thioether (sulfide) groups is 1. The lowest BCUT2D eigenvalue weighted by Gasteiger charge is -2.11. The van der Waals surface area contributed by atoms with Gasteiger partial charge < -0.3 is 15.2 Å². The molecule has 4 rings (SSSR count). The first-order valence-corrected chi connectivity index (χ1v) is 11.7. The highest BCUT2D eigenvalue weighted by Crippen LogP contribution is 2.37. The van der Waals surface area contributed by atoms with Crippen LogP contribution in [0.2, 0.25) is 15.1 Å². The number of ether oxygens (including phenoxy) is 1. The van der Waals surface area contributed by atoms with Crippen molar-refractivity contribution in [1.82, 2.24) is 5.32 Å². The third-order valence-corrected chi connectivity index (χ3v) is 6.33. The number of nitrogens with zero attached hydrogens (tertiary/aromatic N) is 1. The third kappa shape index (κ3) is 5.93. The van der Waals surface area contributed by atoms with E-state index >= 15 is 0 Å². The molecule has 1 aliphatic rings. The lowest BCUT2D eigenvalue weighted by Crippen LogP contribution is -2.19. The number of aliphatic imine (C=N–C) groups is 1. The van der Waals surface area contributed by atoms with Crippen LogP contribution >= 0.6 is 46.6 Å². The second-order valence-electron chi connectivity index (χ2n) is 7.06. The van der Waals surface area contributed by atoms with Crippen molar-refractivity contribution in [2.24, 2.45) is 4.99 Å². The number of carbonyl (C=O) groups excluding carboxylic acids is 1. The van der Waals surface area contributed by atoms with Crippen LogP contribution in [0.1, 0.15) is 21.5 Å². The Labute approximate surface area is 214 Å². The summed E-state index contributed by atoms with van der Waals surface area (Å²) in [6, 6.07) is 16.5. The van der Waals surface area contributed by atoms with E-state index in [1.54, 1.807) is 54.6 Å². The van der Waals surface area contributed by atoms with Crippen LogP contribution in [0.4, 0.5) is 5.69 Å². The molecule has 0 unspecified atom stereocenters. The van der Waals surface area contributed by atoms with Crippen molar-refractivity contribution < 1.29 is 19.4 Å². The van der Waals surface area contributed by atoms with Gasteiger partial charge in [-0.15, -0.1) is 0 Å². The number of aromatic carboxylic acids is 1. The lowest BCUT2D eigenvalue weighted by molar-refractivity contribution is -0.115. The molecule has 2 N–H and O–H groups in total. The predicted molar refractivity (Wildman–Crippen MR) is 136 cm³/mol. The summed E-state index contributed by atoms with van der Waals surface area (Å²) in [5.41, 5.74) is 2.24. The van der Waals surface area contributed by atoms with E-state index in [0.29, 0.717) is 32.1 Å². The van der Waals surface area contributed by atoms with Crippen molar-refractivity contribution in [2.75, 3.05) is 0 Å². The van der Waals surface area contributed by atoms with E-state index in [1.165, 1.54) is 23.9 Å².